The first-order valence-electron chi connectivity index (χ1n) is 13.1. The lowest BCUT2D eigenvalue weighted by Crippen LogP contribution is -2.26. The van der Waals surface area contributed by atoms with Gasteiger partial charge in [-0.2, -0.15) is 0 Å². The summed E-state index contributed by atoms with van der Waals surface area (Å²) < 4.78 is 2.14. The zero-order valence-electron chi connectivity index (χ0n) is 21.9. The van der Waals surface area contributed by atoms with E-state index in [1.807, 2.05) is 25.1 Å². The van der Waals surface area contributed by atoms with Crippen LogP contribution in [-0.4, -0.2) is 83.9 Å². The summed E-state index contributed by atoms with van der Waals surface area (Å²) in [4.78, 5) is 16.4. The van der Waals surface area contributed by atoms with E-state index in [2.05, 4.69) is 77.4 Å². The van der Waals surface area contributed by atoms with Crippen molar-refractivity contribution in [2.24, 2.45) is 0 Å². The number of benzene rings is 2. The Labute approximate surface area is 237 Å². The van der Waals surface area contributed by atoms with Crippen molar-refractivity contribution in [3.8, 4) is 0 Å². The number of carbonyl (C=O) groups excluding carboxylic acids is 1. The lowest BCUT2D eigenvalue weighted by molar-refractivity contribution is -0.116. The summed E-state index contributed by atoms with van der Waals surface area (Å²) >= 11 is 6.99. The summed E-state index contributed by atoms with van der Waals surface area (Å²) in [6, 6.07) is 12.0. The highest BCUT2D eigenvalue weighted by atomic mass is 79.9. The number of β-amino-alcohol motifs (C(OH)–C–C–N with tert-alkyl or cyclic N) is 2. The largest absolute Gasteiger partial charge is 0.392 e. The number of nitrogens with zero attached hydrogens (tertiary/aromatic N) is 2. The number of amides is 1. The molecule has 2 atom stereocenters. The summed E-state index contributed by atoms with van der Waals surface area (Å²) in [5.74, 6) is 0.0163. The Bertz CT molecular complexity index is 1020. The topological polar surface area (TPSA) is 88.1 Å². The average molecular weight is 640 g/mol. The predicted molar refractivity (Wildman–Crippen MR) is 158 cm³/mol. The Balaban J connectivity index is 0.000000206. The molecule has 2 aromatic carbocycles. The van der Waals surface area contributed by atoms with E-state index < -0.39 is 0 Å². The van der Waals surface area contributed by atoms with Crippen molar-refractivity contribution in [1.82, 2.24) is 9.80 Å². The zero-order chi connectivity index (χ0) is 26.8. The molecular weight excluding hydrogens is 600 g/mol. The third-order valence-corrected chi connectivity index (χ3v) is 8.64. The number of likely N-dealkylation sites (tertiary alicyclic amines) is 2. The number of aliphatic hydroxyl groups is 2. The van der Waals surface area contributed by atoms with Crippen molar-refractivity contribution >= 4 is 49.1 Å². The van der Waals surface area contributed by atoms with E-state index in [9.17, 15) is 15.0 Å². The van der Waals surface area contributed by atoms with E-state index in [4.69, 9.17) is 0 Å². The highest BCUT2D eigenvalue weighted by molar-refractivity contribution is 9.10. The number of hydrogen-bond donors (Lipinski definition) is 4. The fourth-order valence-electron chi connectivity index (χ4n) is 4.57. The maximum absolute atomic E-state index is 11.9. The van der Waals surface area contributed by atoms with Crippen molar-refractivity contribution < 1.29 is 15.0 Å². The van der Waals surface area contributed by atoms with E-state index in [0.717, 1.165) is 72.2 Å². The average Bonchev–Trinajstić information content (AvgIpc) is 3.48. The number of anilines is 2. The minimum absolute atomic E-state index is 0.0163. The second kappa shape index (κ2) is 15.2. The quantitative estimate of drug-likeness (QED) is 0.296. The first kappa shape index (κ1) is 30.1. The Hall–Kier alpha value is -1.49. The van der Waals surface area contributed by atoms with Crippen molar-refractivity contribution in [2.45, 2.75) is 51.7 Å². The van der Waals surface area contributed by atoms with Gasteiger partial charge in [-0.15, -0.1) is 0 Å². The molecule has 4 N–H and O–H groups in total. The normalized spacial score (nSPS) is 19.9. The van der Waals surface area contributed by atoms with Crippen LogP contribution >= 0.6 is 31.9 Å². The van der Waals surface area contributed by atoms with E-state index in [1.54, 1.807) is 0 Å². The number of hydrogen-bond acceptors (Lipinski definition) is 6. The van der Waals surface area contributed by atoms with Crippen molar-refractivity contribution in [1.29, 1.82) is 0 Å². The second-order valence-electron chi connectivity index (χ2n) is 9.89. The van der Waals surface area contributed by atoms with Crippen LogP contribution in [0.2, 0.25) is 0 Å². The monoisotopic (exact) mass is 638 g/mol. The first-order chi connectivity index (χ1) is 17.7. The standard InChI is InChI=1S/C14H19BrN2O2.C14H21BrN2O/c1-10-12(15)3-2-4-13(10)16-14(19)6-8-17-7-5-11(18)9-17;1-11-13(15)4-2-5-14(11)16-7-3-8-17-9-6-12(18)10-17/h2-4,11,18H,5-9H2,1H3,(H,16,19);2,4-5,12,16,18H,3,6-10H2,1H3/t11-;12-/m11/s1. The van der Waals surface area contributed by atoms with Crippen LogP contribution in [0.1, 0.15) is 36.8 Å². The number of carbonyl (C=O) groups is 1. The van der Waals surface area contributed by atoms with Gasteiger partial charge in [-0.05, 0) is 75.0 Å². The number of halogens is 2. The Morgan fingerprint density at radius 3 is 2.00 bits per heavy atom. The SMILES string of the molecule is Cc1c(Br)cccc1NC(=O)CCN1CC[C@@H](O)C1.Cc1c(Br)cccc1NCCCN1CC[C@@H](O)C1. The van der Waals surface area contributed by atoms with Crippen molar-refractivity contribution in [3.05, 3.63) is 56.5 Å². The predicted octanol–water partition coefficient (Wildman–Crippen LogP) is 4.78. The molecule has 37 heavy (non-hydrogen) atoms. The molecule has 2 aromatic rings. The van der Waals surface area contributed by atoms with Crippen LogP contribution in [0.3, 0.4) is 0 Å². The fraction of sp³-hybridized carbons (Fsp3) is 0.536. The van der Waals surface area contributed by atoms with E-state index in [1.165, 1.54) is 11.3 Å². The highest BCUT2D eigenvalue weighted by Gasteiger charge is 2.20. The maximum atomic E-state index is 11.9. The molecule has 1 amide bonds. The van der Waals surface area contributed by atoms with E-state index in [0.29, 0.717) is 19.5 Å². The molecule has 2 fully saturated rings. The van der Waals surface area contributed by atoms with Gasteiger partial charge in [-0.25, -0.2) is 0 Å². The lowest BCUT2D eigenvalue weighted by Gasteiger charge is -2.16. The summed E-state index contributed by atoms with van der Waals surface area (Å²) in [6.07, 6.45) is 2.97. The molecule has 2 aliphatic heterocycles. The summed E-state index contributed by atoms with van der Waals surface area (Å²) in [5.41, 5.74) is 4.34. The fourth-order valence-corrected chi connectivity index (χ4v) is 5.30. The van der Waals surface area contributed by atoms with Gasteiger partial charge in [0.25, 0.3) is 0 Å². The molecule has 204 valence electrons. The van der Waals surface area contributed by atoms with Gasteiger partial charge in [0.05, 0.1) is 12.2 Å². The summed E-state index contributed by atoms with van der Waals surface area (Å²) in [7, 11) is 0. The second-order valence-corrected chi connectivity index (χ2v) is 11.6. The molecule has 4 rings (SSSR count). The molecule has 2 aliphatic rings. The van der Waals surface area contributed by atoms with Crippen LogP contribution in [0.4, 0.5) is 11.4 Å². The van der Waals surface area contributed by atoms with Crippen LogP contribution in [-0.2, 0) is 4.79 Å². The first-order valence-corrected chi connectivity index (χ1v) is 14.7. The Kier molecular flexibility index (Phi) is 12.3. The molecular formula is C28H40Br2N4O3. The third kappa shape index (κ3) is 9.96. The molecule has 2 saturated heterocycles. The molecule has 7 nitrogen and oxygen atoms in total. The molecule has 0 aromatic heterocycles. The summed E-state index contributed by atoms with van der Waals surface area (Å²) in [5, 5.41) is 25.3. The number of nitrogens with one attached hydrogen (secondary N) is 2. The molecule has 2 heterocycles. The van der Waals surface area contributed by atoms with E-state index in [-0.39, 0.29) is 18.1 Å². The van der Waals surface area contributed by atoms with Gasteiger partial charge in [0.15, 0.2) is 0 Å². The smallest absolute Gasteiger partial charge is 0.225 e. The van der Waals surface area contributed by atoms with Gasteiger partial charge in [-0.1, -0.05) is 44.0 Å². The molecule has 0 spiro atoms. The van der Waals surface area contributed by atoms with Crippen LogP contribution < -0.4 is 10.6 Å². The highest BCUT2D eigenvalue weighted by Crippen LogP contribution is 2.24. The molecule has 0 aliphatic carbocycles. The van der Waals surface area contributed by atoms with Crippen LogP contribution in [0.5, 0.6) is 0 Å². The van der Waals surface area contributed by atoms with Crippen LogP contribution in [0, 0.1) is 13.8 Å². The Morgan fingerprint density at radius 2 is 1.43 bits per heavy atom. The molecule has 0 bridgehead atoms. The molecule has 0 unspecified atom stereocenters. The van der Waals surface area contributed by atoms with Gasteiger partial charge in [-0.3, -0.25) is 4.79 Å². The zero-order valence-corrected chi connectivity index (χ0v) is 25.0. The van der Waals surface area contributed by atoms with Crippen molar-refractivity contribution in [2.75, 3.05) is 56.4 Å². The van der Waals surface area contributed by atoms with Crippen molar-refractivity contribution in [3.63, 3.8) is 0 Å². The molecule has 0 saturated carbocycles. The van der Waals surface area contributed by atoms with E-state index >= 15 is 0 Å². The number of aliphatic hydroxyl groups excluding tert-OH is 2. The van der Waals surface area contributed by atoms with Gasteiger partial charge in [0.1, 0.15) is 0 Å². The maximum Gasteiger partial charge on any atom is 0.225 e. The van der Waals surface area contributed by atoms with Gasteiger partial charge < -0.3 is 30.6 Å². The van der Waals surface area contributed by atoms with Gasteiger partial charge in [0, 0.05) is 66.0 Å². The van der Waals surface area contributed by atoms with Gasteiger partial charge in [0.2, 0.25) is 5.91 Å². The third-order valence-electron chi connectivity index (χ3n) is 6.93. The number of rotatable bonds is 9. The Morgan fingerprint density at radius 1 is 0.892 bits per heavy atom. The molecule has 0 radical (unpaired) electrons. The lowest BCUT2D eigenvalue weighted by atomic mass is 10.2. The van der Waals surface area contributed by atoms with Gasteiger partial charge >= 0.3 is 0 Å². The minimum Gasteiger partial charge on any atom is -0.392 e. The van der Waals surface area contributed by atoms with Crippen LogP contribution in [0.15, 0.2) is 45.3 Å². The minimum atomic E-state index is -0.226. The van der Waals surface area contributed by atoms with Crippen LogP contribution in [0.25, 0.3) is 0 Å². The summed E-state index contributed by atoms with van der Waals surface area (Å²) in [6.45, 7) is 10.3. The molecule has 9 heteroatoms.